The smallest absolute Gasteiger partial charge is 0.164 e. The van der Waals surface area contributed by atoms with E-state index in [-0.39, 0.29) is 0 Å². The van der Waals surface area contributed by atoms with Gasteiger partial charge in [0.2, 0.25) is 0 Å². The van der Waals surface area contributed by atoms with Crippen LogP contribution in [0.15, 0.2) is 237 Å². The van der Waals surface area contributed by atoms with Crippen LogP contribution in [0.25, 0.3) is 78.7 Å². The zero-order valence-corrected chi connectivity index (χ0v) is 33.4. The van der Waals surface area contributed by atoms with Crippen molar-refractivity contribution in [2.75, 3.05) is 0 Å². The molecule has 10 aromatic rings. The molecule has 0 saturated heterocycles. The Morgan fingerprint density at radius 1 is 0.213 bits per heavy atom. The Balaban J connectivity index is 0.915. The van der Waals surface area contributed by atoms with Gasteiger partial charge < -0.3 is 0 Å². The van der Waals surface area contributed by atoms with E-state index in [0.717, 1.165) is 38.9 Å². The third-order valence-corrected chi connectivity index (χ3v) is 12.1. The molecule has 0 N–H and O–H groups in total. The molecule has 1 heterocycles. The fourth-order valence-electron chi connectivity index (χ4n) is 9.08. The predicted octanol–water partition coefficient (Wildman–Crippen LogP) is 14.2. The van der Waals surface area contributed by atoms with E-state index in [1.165, 1.54) is 44.5 Å². The highest BCUT2D eigenvalue weighted by Crippen LogP contribution is 2.56. The first-order valence-corrected chi connectivity index (χ1v) is 20.8. The van der Waals surface area contributed by atoms with Crippen molar-refractivity contribution < 1.29 is 0 Å². The number of hydrogen-bond acceptors (Lipinski definition) is 3. The van der Waals surface area contributed by atoms with E-state index >= 15 is 0 Å². The zero-order chi connectivity index (χ0) is 40.6. The maximum absolute atomic E-state index is 5.06. The van der Waals surface area contributed by atoms with E-state index in [1.807, 2.05) is 36.4 Å². The van der Waals surface area contributed by atoms with E-state index in [0.29, 0.717) is 17.5 Å². The third-order valence-electron chi connectivity index (χ3n) is 12.1. The lowest BCUT2D eigenvalue weighted by atomic mass is 9.67. The van der Waals surface area contributed by atoms with Crippen molar-refractivity contribution in [1.82, 2.24) is 15.0 Å². The summed E-state index contributed by atoms with van der Waals surface area (Å²) < 4.78 is 0. The molecule has 0 bridgehead atoms. The number of fused-ring (bicyclic) bond motifs is 3. The lowest BCUT2D eigenvalue weighted by Gasteiger charge is -2.34. The van der Waals surface area contributed by atoms with E-state index in [9.17, 15) is 0 Å². The molecular formula is C58H39N3. The van der Waals surface area contributed by atoms with E-state index in [2.05, 4.69) is 200 Å². The second kappa shape index (κ2) is 15.3. The minimum Gasteiger partial charge on any atom is -0.208 e. The Bertz CT molecular complexity index is 3080. The van der Waals surface area contributed by atoms with Crippen molar-refractivity contribution in [1.29, 1.82) is 0 Å². The highest BCUT2D eigenvalue weighted by Gasteiger charge is 2.45. The first kappa shape index (κ1) is 36.1. The van der Waals surface area contributed by atoms with Gasteiger partial charge in [-0.2, -0.15) is 0 Å². The Morgan fingerprint density at radius 3 is 0.885 bits per heavy atom. The van der Waals surface area contributed by atoms with Crippen LogP contribution in [0.1, 0.15) is 22.3 Å². The summed E-state index contributed by atoms with van der Waals surface area (Å²) in [5.41, 5.74) is 17.1. The molecule has 0 fully saturated rings. The SMILES string of the molecule is c1ccc(-c2ccc(-c3ccc(-c4nc(-c5ccccc5)nc(-c5ccc(-c6ccc(C7(c8ccccc8)c8ccccc8-c8ccccc87)cc6)cc5)n4)cc3)cc2)cc1. The van der Waals surface area contributed by atoms with Gasteiger partial charge in [0.15, 0.2) is 17.5 Å². The fourth-order valence-corrected chi connectivity index (χ4v) is 9.08. The molecule has 0 spiro atoms. The van der Waals surface area contributed by atoms with Crippen LogP contribution in [-0.2, 0) is 5.41 Å². The summed E-state index contributed by atoms with van der Waals surface area (Å²) in [6.07, 6.45) is 0. The van der Waals surface area contributed by atoms with Crippen LogP contribution in [-0.4, -0.2) is 15.0 Å². The molecule has 3 heteroatoms. The van der Waals surface area contributed by atoms with Gasteiger partial charge in [-0.15, -0.1) is 0 Å². The summed E-state index contributed by atoms with van der Waals surface area (Å²) in [7, 11) is 0. The van der Waals surface area contributed by atoms with Crippen LogP contribution in [0, 0.1) is 0 Å². The minimum atomic E-state index is -0.419. The van der Waals surface area contributed by atoms with E-state index in [4.69, 9.17) is 15.0 Å². The normalized spacial score (nSPS) is 12.4. The lowest BCUT2D eigenvalue weighted by molar-refractivity contribution is 0.768. The van der Waals surface area contributed by atoms with Crippen LogP contribution in [0.3, 0.4) is 0 Å². The van der Waals surface area contributed by atoms with Crippen molar-refractivity contribution in [3.8, 4) is 78.7 Å². The van der Waals surface area contributed by atoms with Crippen molar-refractivity contribution >= 4 is 0 Å². The van der Waals surface area contributed by atoms with Crippen LogP contribution >= 0.6 is 0 Å². The topological polar surface area (TPSA) is 38.7 Å². The maximum atomic E-state index is 5.06. The van der Waals surface area contributed by atoms with Gasteiger partial charge >= 0.3 is 0 Å². The maximum Gasteiger partial charge on any atom is 0.164 e. The summed E-state index contributed by atoms with van der Waals surface area (Å²) in [6, 6.07) is 84.2. The van der Waals surface area contributed by atoms with Gasteiger partial charge in [-0.05, 0) is 66.8 Å². The number of rotatable bonds is 8. The molecule has 0 aliphatic heterocycles. The van der Waals surface area contributed by atoms with Crippen molar-refractivity contribution in [3.05, 3.63) is 259 Å². The van der Waals surface area contributed by atoms with Crippen LogP contribution in [0.4, 0.5) is 0 Å². The Morgan fingerprint density at radius 2 is 0.475 bits per heavy atom. The molecule has 0 atom stereocenters. The zero-order valence-electron chi connectivity index (χ0n) is 33.4. The molecule has 11 rings (SSSR count). The van der Waals surface area contributed by atoms with Crippen molar-refractivity contribution in [2.24, 2.45) is 0 Å². The molecule has 0 amide bonds. The molecule has 9 aromatic carbocycles. The quantitative estimate of drug-likeness (QED) is 0.154. The van der Waals surface area contributed by atoms with E-state index in [1.54, 1.807) is 0 Å². The number of benzene rings is 9. The fraction of sp³-hybridized carbons (Fsp3) is 0.0172. The van der Waals surface area contributed by atoms with Gasteiger partial charge in [-0.3, -0.25) is 0 Å². The van der Waals surface area contributed by atoms with Crippen molar-refractivity contribution in [2.45, 2.75) is 5.41 Å². The van der Waals surface area contributed by atoms with Gasteiger partial charge in [0.25, 0.3) is 0 Å². The Labute approximate surface area is 356 Å². The lowest BCUT2D eigenvalue weighted by Crippen LogP contribution is -2.28. The molecular weight excluding hydrogens is 739 g/mol. The molecule has 0 saturated carbocycles. The van der Waals surface area contributed by atoms with Gasteiger partial charge in [-0.1, -0.05) is 237 Å². The molecule has 1 aromatic heterocycles. The molecule has 3 nitrogen and oxygen atoms in total. The van der Waals surface area contributed by atoms with Crippen molar-refractivity contribution in [3.63, 3.8) is 0 Å². The van der Waals surface area contributed by atoms with Crippen LogP contribution in [0.2, 0.25) is 0 Å². The van der Waals surface area contributed by atoms with E-state index < -0.39 is 5.41 Å². The highest BCUT2D eigenvalue weighted by molar-refractivity contribution is 5.86. The number of hydrogen-bond donors (Lipinski definition) is 0. The standard InChI is InChI=1S/C58H39N3/c1-4-14-40(15-5-1)41-24-26-42(27-25-41)43-28-32-47(33-29-43)56-59-55(46-16-6-2-7-17-46)60-57(61-56)48-34-30-44(31-35-48)45-36-38-50(39-37-45)58(49-18-8-3-9-19-49)53-22-12-10-20-51(53)52-21-11-13-23-54(52)58/h1-39H. The number of aromatic nitrogens is 3. The second-order valence-corrected chi connectivity index (χ2v) is 15.6. The molecule has 0 radical (unpaired) electrons. The molecule has 286 valence electrons. The predicted molar refractivity (Wildman–Crippen MR) is 250 cm³/mol. The molecule has 0 unspecified atom stereocenters. The Hall–Kier alpha value is -8.01. The average molecular weight is 778 g/mol. The van der Waals surface area contributed by atoms with Crippen LogP contribution in [0.5, 0.6) is 0 Å². The second-order valence-electron chi connectivity index (χ2n) is 15.6. The summed E-state index contributed by atoms with van der Waals surface area (Å²) in [5.74, 6) is 1.91. The Kier molecular flexibility index (Phi) is 9.05. The molecule has 1 aliphatic carbocycles. The minimum absolute atomic E-state index is 0.419. The summed E-state index contributed by atoms with van der Waals surface area (Å²) in [4.78, 5) is 15.0. The van der Waals surface area contributed by atoms with Gasteiger partial charge in [-0.25, -0.2) is 15.0 Å². The largest absolute Gasteiger partial charge is 0.208 e. The summed E-state index contributed by atoms with van der Waals surface area (Å²) in [5, 5.41) is 0. The van der Waals surface area contributed by atoms with Crippen LogP contribution < -0.4 is 0 Å². The first-order valence-electron chi connectivity index (χ1n) is 20.8. The number of nitrogens with zero attached hydrogens (tertiary/aromatic N) is 3. The third kappa shape index (κ3) is 6.44. The first-order chi connectivity index (χ1) is 30.2. The van der Waals surface area contributed by atoms with Gasteiger partial charge in [0.1, 0.15) is 0 Å². The summed E-state index contributed by atoms with van der Waals surface area (Å²) in [6.45, 7) is 0. The highest BCUT2D eigenvalue weighted by atomic mass is 15.0. The van der Waals surface area contributed by atoms with Gasteiger partial charge in [0.05, 0.1) is 5.41 Å². The average Bonchev–Trinajstić information content (AvgIpc) is 3.66. The summed E-state index contributed by atoms with van der Waals surface area (Å²) >= 11 is 0. The molecule has 61 heavy (non-hydrogen) atoms. The monoisotopic (exact) mass is 777 g/mol. The molecule has 1 aliphatic rings. The van der Waals surface area contributed by atoms with Gasteiger partial charge in [0, 0.05) is 16.7 Å².